The first-order valence-corrected chi connectivity index (χ1v) is 7.34. The Labute approximate surface area is 107 Å². The second kappa shape index (κ2) is 6.17. The van der Waals surface area contributed by atoms with Crippen molar-refractivity contribution in [2.24, 2.45) is 12.2 Å². The lowest BCUT2D eigenvalue weighted by atomic mass is 10.2. The molecule has 1 heterocycles. The molecule has 0 aliphatic carbocycles. The van der Waals surface area contributed by atoms with Gasteiger partial charge < -0.3 is 10.1 Å². The van der Waals surface area contributed by atoms with E-state index in [1.54, 1.807) is 11.8 Å². The largest absolute Gasteiger partial charge is 0.481 e. The summed E-state index contributed by atoms with van der Waals surface area (Å²) in [5.41, 5.74) is 1.88. The maximum Gasteiger partial charge on any atom is 0.216 e. The summed E-state index contributed by atoms with van der Waals surface area (Å²) < 4.78 is 28.4. The van der Waals surface area contributed by atoms with E-state index in [2.05, 4.69) is 10.4 Å². The Hall–Kier alpha value is -1.12. The summed E-state index contributed by atoms with van der Waals surface area (Å²) in [5.74, 6) is 0.704. The lowest BCUT2D eigenvalue weighted by molar-refractivity contribution is 0.368. The molecule has 3 N–H and O–H groups in total. The van der Waals surface area contributed by atoms with Crippen LogP contribution in [0.5, 0.6) is 5.88 Å². The number of ether oxygens (including phenoxy) is 1. The number of aryl methyl sites for hydroxylation is 2. The molecule has 1 rings (SSSR count). The quantitative estimate of drug-likeness (QED) is 0.654. The van der Waals surface area contributed by atoms with Crippen LogP contribution in [-0.4, -0.2) is 37.6 Å². The smallest absolute Gasteiger partial charge is 0.216 e. The molecule has 0 spiro atoms. The molecule has 0 saturated heterocycles. The predicted molar refractivity (Wildman–Crippen MR) is 68.8 cm³/mol. The molecule has 104 valence electrons. The monoisotopic (exact) mass is 276 g/mol. The van der Waals surface area contributed by atoms with Crippen LogP contribution in [0.2, 0.25) is 0 Å². The number of nitrogens with zero attached hydrogens (tertiary/aromatic N) is 2. The van der Waals surface area contributed by atoms with Gasteiger partial charge in [-0.2, -0.15) is 5.10 Å². The van der Waals surface area contributed by atoms with Crippen molar-refractivity contribution in [3.8, 4) is 5.88 Å². The molecule has 0 atom stereocenters. The maximum atomic E-state index is 10.7. The Bertz CT molecular complexity index is 495. The third-order valence-electron chi connectivity index (χ3n) is 2.57. The van der Waals surface area contributed by atoms with Gasteiger partial charge in [0, 0.05) is 13.6 Å². The SMILES string of the molecule is COc1c(CNCCCS(N)(=O)=O)c(C)nn1C. The van der Waals surface area contributed by atoms with Gasteiger partial charge in [0.15, 0.2) is 0 Å². The highest BCUT2D eigenvalue weighted by atomic mass is 32.2. The van der Waals surface area contributed by atoms with Gasteiger partial charge in [-0.1, -0.05) is 0 Å². The Morgan fingerprint density at radius 1 is 1.50 bits per heavy atom. The van der Waals surface area contributed by atoms with Crippen molar-refractivity contribution in [3.63, 3.8) is 0 Å². The van der Waals surface area contributed by atoms with E-state index in [9.17, 15) is 8.42 Å². The number of hydrogen-bond acceptors (Lipinski definition) is 5. The van der Waals surface area contributed by atoms with E-state index < -0.39 is 10.0 Å². The number of aromatic nitrogens is 2. The van der Waals surface area contributed by atoms with Crippen molar-refractivity contribution in [1.29, 1.82) is 0 Å². The molecule has 0 aliphatic rings. The van der Waals surface area contributed by atoms with E-state index in [-0.39, 0.29) is 5.75 Å². The third kappa shape index (κ3) is 4.28. The fourth-order valence-electron chi connectivity index (χ4n) is 1.75. The number of rotatable bonds is 7. The molecule has 0 bridgehead atoms. The van der Waals surface area contributed by atoms with Gasteiger partial charge in [0.1, 0.15) is 0 Å². The average molecular weight is 276 g/mol. The Balaban J connectivity index is 2.45. The van der Waals surface area contributed by atoms with E-state index in [1.165, 1.54) is 0 Å². The van der Waals surface area contributed by atoms with Crippen molar-refractivity contribution in [2.45, 2.75) is 19.9 Å². The second-order valence-corrected chi connectivity index (χ2v) is 5.83. The molecule has 0 aromatic carbocycles. The summed E-state index contributed by atoms with van der Waals surface area (Å²) >= 11 is 0. The van der Waals surface area contributed by atoms with Crippen LogP contribution in [0.3, 0.4) is 0 Å². The Morgan fingerprint density at radius 2 is 2.17 bits per heavy atom. The number of nitrogens with one attached hydrogen (secondary N) is 1. The van der Waals surface area contributed by atoms with Gasteiger partial charge in [-0.15, -0.1) is 0 Å². The summed E-state index contributed by atoms with van der Waals surface area (Å²) in [6.07, 6.45) is 0.487. The van der Waals surface area contributed by atoms with Crippen molar-refractivity contribution in [1.82, 2.24) is 15.1 Å². The molecule has 1 aromatic rings. The van der Waals surface area contributed by atoms with Crippen LogP contribution >= 0.6 is 0 Å². The van der Waals surface area contributed by atoms with Gasteiger partial charge in [0.05, 0.1) is 24.1 Å². The summed E-state index contributed by atoms with van der Waals surface area (Å²) in [4.78, 5) is 0. The molecule has 0 amide bonds. The summed E-state index contributed by atoms with van der Waals surface area (Å²) in [6.45, 7) is 3.07. The van der Waals surface area contributed by atoms with Crippen molar-refractivity contribution in [2.75, 3.05) is 19.4 Å². The van der Waals surface area contributed by atoms with E-state index in [0.29, 0.717) is 25.4 Å². The van der Waals surface area contributed by atoms with Crippen molar-refractivity contribution >= 4 is 10.0 Å². The summed E-state index contributed by atoms with van der Waals surface area (Å²) in [6, 6.07) is 0. The van der Waals surface area contributed by atoms with E-state index >= 15 is 0 Å². The van der Waals surface area contributed by atoms with Crippen LogP contribution in [0.4, 0.5) is 0 Å². The zero-order chi connectivity index (χ0) is 13.8. The van der Waals surface area contributed by atoms with Gasteiger partial charge >= 0.3 is 0 Å². The standard InChI is InChI=1S/C10H20N4O3S/c1-8-9(10(17-3)14(2)13-8)7-12-5-4-6-18(11,15)16/h12H,4-7H2,1-3H3,(H2,11,15,16). The number of methoxy groups -OCH3 is 1. The molecule has 0 aliphatic heterocycles. The Morgan fingerprint density at radius 3 is 2.72 bits per heavy atom. The van der Waals surface area contributed by atoms with Crippen LogP contribution in [0.1, 0.15) is 17.7 Å². The normalized spacial score (nSPS) is 11.8. The lowest BCUT2D eigenvalue weighted by Crippen LogP contribution is -2.22. The highest BCUT2D eigenvalue weighted by Crippen LogP contribution is 2.20. The second-order valence-electron chi connectivity index (χ2n) is 4.09. The van der Waals surface area contributed by atoms with Gasteiger partial charge in [0.2, 0.25) is 15.9 Å². The van der Waals surface area contributed by atoms with Crippen LogP contribution < -0.4 is 15.2 Å². The molecule has 0 saturated carbocycles. The molecular formula is C10H20N4O3S. The molecule has 1 aromatic heterocycles. The minimum atomic E-state index is -3.37. The van der Waals surface area contributed by atoms with Crippen molar-refractivity contribution < 1.29 is 13.2 Å². The van der Waals surface area contributed by atoms with Gasteiger partial charge in [-0.3, -0.25) is 0 Å². The Kier molecular flexibility index (Phi) is 5.12. The number of nitrogens with two attached hydrogens (primary N) is 1. The third-order valence-corrected chi connectivity index (χ3v) is 3.42. The average Bonchev–Trinajstić information content (AvgIpc) is 2.51. The van der Waals surface area contributed by atoms with E-state index in [1.807, 2.05) is 14.0 Å². The van der Waals surface area contributed by atoms with Crippen molar-refractivity contribution in [3.05, 3.63) is 11.3 Å². The van der Waals surface area contributed by atoms with E-state index in [4.69, 9.17) is 9.88 Å². The lowest BCUT2D eigenvalue weighted by Gasteiger charge is -2.06. The molecule has 7 nitrogen and oxygen atoms in total. The van der Waals surface area contributed by atoms with Crippen LogP contribution in [0, 0.1) is 6.92 Å². The fourth-order valence-corrected chi connectivity index (χ4v) is 2.30. The molecule has 0 fully saturated rings. The summed E-state index contributed by atoms with van der Waals surface area (Å²) in [7, 11) is 0.0467. The number of primary sulfonamides is 1. The highest BCUT2D eigenvalue weighted by Gasteiger charge is 2.12. The first-order valence-electron chi connectivity index (χ1n) is 5.63. The zero-order valence-corrected chi connectivity index (χ0v) is 11.7. The minimum Gasteiger partial charge on any atom is -0.481 e. The zero-order valence-electron chi connectivity index (χ0n) is 10.9. The van der Waals surface area contributed by atoms with Crippen LogP contribution in [0.15, 0.2) is 0 Å². The summed E-state index contributed by atoms with van der Waals surface area (Å²) in [5, 5.41) is 12.3. The molecular weight excluding hydrogens is 256 g/mol. The first kappa shape index (κ1) is 14.9. The minimum absolute atomic E-state index is 0.0108. The fraction of sp³-hybridized carbons (Fsp3) is 0.700. The topological polar surface area (TPSA) is 99.2 Å². The van der Waals surface area contributed by atoms with Crippen LogP contribution in [-0.2, 0) is 23.6 Å². The molecule has 18 heavy (non-hydrogen) atoms. The van der Waals surface area contributed by atoms with Gasteiger partial charge in [0.25, 0.3) is 0 Å². The predicted octanol–water partition coefficient (Wildman–Crippen LogP) is -0.495. The first-order chi connectivity index (χ1) is 8.35. The van der Waals surface area contributed by atoms with E-state index in [0.717, 1.165) is 11.3 Å². The number of hydrogen-bond donors (Lipinski definition) is 2. The highest BCUT2D eigenvalue weighted by molar-refractivity contribution is 7.89. The molecule has 8 heteroatoms. The maximum absolute atomic E-state index is 10.7. The van der Waals surface area contributed by atoms with Gasteiger partial charge in [-0.25, -0.2) is 18.2 Å². The molecule has 0 unspecified atom stereocenters. The van der Waals surface area contributed by atoms with Crippen LogP contribution in [0.25, 0.3) is 0 Å². The molecule has 0 radical (unpaired) electrons. The number of sulfonamides is 1. The van der Waals surface area contributed by atoms with Gasteiger partial charge in [-0.05, 0) is 19.9 Å².